The van der Waals surface area contributed by atoms with Crippen molar-refractivity contribution in [3.8, 4) is 0 Å². The highest BCUT2D eigenvalue weighted by Crippen LogP contribution is 2.33. The SMILES string of the molecule is COC1(C(=O)CC(=O)c2cccc3ccccc23)CCCCC1. The molecule has 0 saturated heterocycles. The van der Waals surface area contributed by atoms with Crippen LogP contribution in [0.3, 0.4) is 0 Å². The fourth-order valence-corrected chi connectivity index (χ4v) is 3.59. The van der Waals surface area contributed by atoms with Crippen LogP contribution >= 0.6 is 0 Å². The van der Waals surface area contributed by atoms with Crippen molar-refractivity contribution in [3.05, 3.63) is 48.0 Å². The van der Waals surface area contributed by atoms with Gasteiger partial charge in [-0.1, -0.05) is 61.7 Å². The van der Waals surface area contributed by atoms with E-state index in [0.717, 1.165) is 42.9 Å². The Morgan fingerprint density at radius 3 is 2.43 bits per heavy atom. The van der Waals surface area contributed by atoms with Gasteiger partial charge in [0.05, 0.1) is 6.42 Å². The summed E-state index contributed by atoms with van der Waals surface area (Å²) in [7, 11) is 1.59. The van der Waals surface area contributed by atoms with Gasteiger partial charge in [0, 0.05) is 12.7 Å². The van der Waals surface area contributed by atoms with Gasteiger partial charge in [-0.2, -0.15) is 0 Å². The molecule has 2 aromatic carbocycles. The molecular formula is C20H22O3. The van der Waals surface area contributed by atoms with E-state index >= 15 is 0 Å². The molecule has 0 heterocycles. The zero-order chi connectivity index (χ0) is 16.3. The average molecular weight is 310 g/mol. The number of Topliss-reactive ketones (excluding diaryl/α,β-unsaturated/α-hetero) is 2. The van der Waals surface area contributed by atoms with Gasteiger partial charge in [-0.15, -0.1) is 0 Å². The molecule has 0 aromatic heterocycles. The first-order valence-electron chi connectivity index (χ1n) is 8.26. The second-order valence-corrected chi connectivity index (χ2v) is 6.31. The molecular weight excluding hydrogens is 288 g/mol. The highest BCUT2D eigenvalue weighted by Gasteiger charge is 2.40. The van der Waals surface area contributed by atoms with E-state index in [1.807, 2.05) is 36.4 Å². The Balaban J connectivity index is 1.84. The van der Waals surface area contributed by atoms with Crippen molar-refractivity contribution in [1.82, 2.24) is 0 Å². The second kappa shape index (κ2) is 6.63. The van der Waals surface area contributed by atoms with E-state index in [0.29, 0.717) is 5.56 Å². The molecule has 1 saturated carbocycles. The van der Waals surface area contributed by atoms with Crippen LogP contribution in [0.25, 0.3) is 10.8 Å². The maximum atomic E-state index is 12.7. The van der Waals surface area contributed by atoms with Crippen molar-refractivity contribution in [1.29, 1.82) is 0 Å². The van der Waals surface area contributed by atoms with Crippen LogP contribution in [-0.2, 0) is 9.53 Å². The van der Waals surface area contributed by atoms with Crippen molar-refractivity contribution < 1.29 is 14.3 Å². The summed E-state index contributed by atoms with van der Waals surface area (Å²) in [5.41, 5.74) is -0.128. The average Bonchev–Trinajstić information content (AvgIpc) is 2.61. The molecule has 1 aliphatic rings. The standard InChI is InChI=1S/C20H22O3/c1-23-20(12-5-2-6-13-20)19(22)14-18(21)17-11-7-9-15-8-3-4-10-16(15)17/h3-4,7-11H,2,5-6,12-14H2,1H3. The van der Waals surface area contributed by atoms with E-state index in [1.54, 1.807) is 13.2 Å². The predicted molar refractivity (Wildman–Crippen MR) is 90.7 cm³/mol. The summed E-state index contributed by atoms with van der Waals surface area (Å²) in [6.45, 7) is 0. The molecule has 0 aliphatic heterocycles. The number of fused-ring (bicyclic) bond motifs is 1. The monoisotopic (exact) mass is 310 g/mol. The minimum atomic E-state index is -0.751. The number of benzene rings is 2. The first kappa shape index (κ1) is 15.9. The van der Waals surface area contributed by atoms with Crippen LogP contribution in [0.1, 0.15) is 48.9 Å². The summed E-state index contributed by atoms with van der Waals surface area (Å²) >= 11 is 0. The molecule has 0 radical (unpaired) electrons. The molecule has 23 heavy (non-hydrogen) atoms. The van der Waals surface area contributed by atoms with Crippen LogP contribution in [-0.4, -0.2) is 24.3 Å². The van der Waals surface area contributed by atoms with Gasteiger partial charge < -0.3 is 4.74 Å². The molecule has 0 spiro atoms. The van der Waals surface area contributed by atoms with E-state index in [9.17, 15) is 9.59 Å². The Kier molecular flexibility index (Phi) is 4.58. The zero-order valence-electron chi connectivity index (χ0n) is 13.5. The van der Waals surface area contributed by atoms with E-state index in [4.69, 9.17) is 4.74 Å². The Bertz CT molecular complexity index is 721. The van der Waals surface area contributed by atoms with Crippen LogP contribution in [0, 0.1) is 0 Å². The third kappa shape index (κ3) is 3.06. The van der Waals surface area contributed by atoms with Gasteiger partial charge in [0.2, 0.25) is 0 Å². The summed E-state index contributed by atoms with van der Waals surface area (Å²) in [5.74, 6) is -0.188. The summed E-state index contributed by atoms with van der Waals surface area (Å²) in [5, 5.41) is 1.92. The molecule has 0 unspecified atom stereocenters. The van der Waals surface area contributed by atoms with Crippen LogP contribution in [0.15, 0.2) is 42.5 Å². The molecule has 120 valence electrons. The topological polar surface area (TPSA) is 43.4 Å². The number of ether oxygens (including phenoxy) is 1. The van der Waals surface area contributed by atoms with Gasteiger partial charge in [-0.3, -0.25) is 9.59 Å². The summed E-state index contributed by atoms with van der Waals surface area (Å²) < 4.78 is 5.56. The van der Waals surface area contributed by atoms with E-state index < -0.39 is 5.60 Å². The predicted octanol–water partition coefficient (Wildman–Crippen LogP) is 4.33. The van der Waals surface area contributed by atoms with Crippen molar-refractivity contribution in [3.63, 3.8) is 0 Å². The van der Waals surface area contributed by atoms with Crippen molar-refractivity contribution in [2.24, 2.45) is 0 Å². The second-order valence-electron chi connectivity index (χ2n) is 6.31. The number of ketones is 2. The van der Waals surface area contributed by atoms with Crippen LogP contribution in [0.2, 0.25) is 0 Å². The number of hydrogen-bond acceptors (Lipinski definition) is 3. The maximum Gasteiger partial charge on any atom is 0.172 e. The van der Waals surface area contributed by atoms with E-state index in [2.05, 4.69) is 0 Å². The van der Waals surface area contributed by atoms with Gasteiger partial charge in [0.1, 0.15) is 5.60 Å². The molecule has 2 aromatic rings. The van der Waals surface area contributed by atoms with Gasteiger partial charge in [0.15, 0.2) is 11.6 Å². The molecule has 3 nitrogen and oxygen atoms in total. The lowest BCUT2D eigenvalue weighted by Gasteiger charge is -2.34. The zero-order valence-corrected chi connectivity index (χ0v) is 13.5. The lowest BCUT2D eigenvalue weighted by molar-refractivity contribution is -0.144. The first-order chi connectivity index (χ1) is 11.2. The largest absolute Gasteiger partial charge is 0.370 e. The molecule has 0 atom stereocenters. The first-order valence-corrected chi connectivity index (χ1v) is 8.26. The van der Waals surface area contributed by atoms with Crippen LogP contribution < -0.4 is 0 Å². The minimum Gasteiger partial charge on any atom is -0.370 e. The molecule has 0 N–H and O–H groups in total. The number of methoxy groups -OCH3 is 1. The smallest absolute Gasteiger partial charge is 0.172 e. The summed E-state index contributed by atoms with van der Waals surface area (Å²) in [6, 6.07) is 13.4. The number of carbonyl (C=O) groups excluding carboxylic acids is 2. The Morgan fingerprint density at radius 2 is 1.70 bits per heavy atom. The molecule has 0 bridgehead atoms. The fourth-order valence-electron chi connectivity index (χ4n) is 3.59. The Morgan fingerprint density at radius 1 is 1.00 bits per heavy atom. The van der Waals surface area contributed by atoms with Gasteiger partial charge >= 0.3 is 0 Å². The molecule has 1 fully saturated rings. The molecule has 1 aliphatic carbocycles. The maximum absolute atomic E-state index is 12.7. The quantitative estimate of drug-likeness (QED) is 0.610. The Labute approximate surface area is 136 Å². The fraction of sp³-hybridized carbons (Fsp3) is 0.400. The Hall–Kier alpha value is -2.00. The van der Waals surface area contributed by atoms with Gasteiger partial charge in [0.25, 0.3) is 0 Å². The van der Waals surface area contributed by atoms with Gasteiger partial charge in [-0.25, -0.2) is 0 Å². The highest BCUT2D eigenvalue weighted by molar-refractivity contribution is 6.15. The minimum absolute atomic E-state index is 0.0716. The van der Waals surface area contributed by atoms with Crippen LogP contribution in [0.5, 0.6) is 0 Å². The lowest BCUT2D eigenvalue weighted by Crippen LogP contribution is -2.43. The number of rotatable bonds is 5. The van der Waals surface area contributed by atoms with Crippen molar-refractivity contribution in [2.75, 3.05) is 7.11 Å². The third-order valence-electron chi connectivity index (χ3n) is 4.97. The molecule has 3 heteroatoms. The third-order valence-corrected chi connectivity index (χ3v) is 4.97. The normalized spacial score (nSPS) is 17.1. The molecule has 0 amide bonds. The molecule has 3 rings (SSSR count). The van der Waals surface area contributed by atoms with Gasteiger partial charge in [-0.05, 0) is 23.6 Å². The van der Waals surface area contributed by atoms with Crippen molar-refractivity contribution >= 4 is 22.3 Å². The van der Waals surface area contributed by atoms with E-state index in [-0.39, 0.29) is 18.0 Å². The summed E-state index contributed by atoms with van der Waals surface area (Å²) in [6.07, 6.45) is 4.48. The van der Waals surface area contributed by atoms with Crippen molar-refractivity contribution in [2.45, 2.75) is 44.1 Å². The lowest BCUT2D eigenvalue weighted by atomic mass is 9.79. The van der Waals surface area contributed by atoms with E-state index in [1.165, 1.54) is 0 Å². The summed E-state index contributed by atoms with van der Waals surface area (Å²) in [4.78, 5) is 25.4. The van der Waals surface area contributed by atoms with Crippen LogP contribution in [0.4, 0.5) is 0 Å². The number of hydrogen-bond donors (Lipinski definition) is 0. The highest BCUT2D eigenvalue weighted by atomic mass is 16.5. The number of carbonyl (C=O) groups is 2.